The normalized spacial score (nSPS) is 37.9. The van der Waals surface area contributed by atoms with Crippen LogP contribution in [-0.4, -0.2) is 42.0 Å². The van der Waals surface area contributed by atoms with Gasteiger partial charge in [0.25, 0.3) is 0 Å². The van der Waals surface area contributed by atoms with Crippen molar-refractivity contribution in [2.45, 2.75) is 51.5 Å². The van der Waals surface area contributed by atoms with Gasteiger partial charge in [0.15, 0.2) is 0 Å². The lowest BCUT2D eigenvalue weighted by molar-refractivity contribution is -0.120. The van der Waals surface area contributed by atoms with E-state index in [1.54, 1.807) is 0 Å². The average molecular weight is 241 g/mol. The number of fused-ring (bicyclic) bond motifs is 1. The third-order valence-corrected chi connectivity index (χ3v) is 3.31. The lowest BCUT2D eigenvalue weighted by atomic mass is 9.98. The maximum atomic E-state index is 11.2. The highest BCUT2D eigenvalue weighted by Crippen LogP contribution is 2.40. The van der Waals surface area contributed by atoms with Gasteiger partial charge in [-0.2, -0.15) is 0 Å². The Labute approximate surface area is 101 Å². The summed E-state index contributed by atoms with van der Waals surface area (Å²) in [7, 11) is 0. The second-order valence-electron chi connectivity index (χ2n) is 4.58. The van der Waals surface area contributed by atoms with Crippen LogP contribution in [0.5, 0.6) is 0 Å². The molecule has 0 radical (unpaired) electrons. The summed E-state index contributed by atoms with van der Waals surface area (Å²) in [4.78, 5) is 11.2. The van der Waals surface area contributed by atoms with E-state index in [-0.39, 0.29) is 36.9 Å². The van der Waals surface area contributed by atoms with Gasteiger partial charge in [0.2, 0.25) is 5.91 Å². The van der Waals surface area contributed by atoms with Crippen LogP contribution in [-0.2, 0) is 14.3 Å². The number of carbonyl (C=O) groups excluding carboxylic acids is 1. The SMILES string of the molecule is CC/C(C)=C1\OC(CO)C2OC2C1NC(C)=O. The summed E-state index contributed by atoms with van der Waals surface area (Å²) in [6.45, 7) is 5.43. The molecule has 17 heavy (non-hydrogen) atoms. The summed E-state index contributed by atoms with van der Waals surface area (Å²) in [5.74, 6) is 0.650. The number of aliphatic hydroxyl groups is 1. The van der Waals surface area contributed by atoms with Crippen LogP contribution in [0.1, 0.15) is 27.2 Å². The van der Waals surface area contributed by atoms with Crippen molar-refractivity contribution in [3.63, 3.8) is 0 Å². The fraction of sp³-hybridized carbons (Fsp3) is 0.750. The number of rotatable bonds is 3. The predicted molar refractivity (Wildman–Crippen MR) is 61.2 cm³/mol. The summed E-state index contributed by atoms with van der Waals surface area (Å²) in [6, 6.07) is -0.208. The topological polar surface area (TPSA) is 71.1 Å². The zero-order valence-corrected chi connectivity index (χ0v) is 10.4. The molecular weight excluding hydrogens is 222 g/mol. The Kier molecular flexibility index (Phi) is 3.40. The third-order valence-electron chi connectivity index (χ3n) is 3.31. The number of carbonyl (C=O) groups is 1. The molecule has 1 amide bonds. The van der Waals surface area contributed by atoms with Crippen LogP contribution in [0.25, 0.3) is 0 Å². The van der Waals surface area contributed by atoms with Crippen molar-refractivity contribution in [3.8, 4) is 0 Å². The minimum absolute atomic E-state index is 0.0544. The van der Waals surface area contributed by atoms with E-state index in [4.69, 9.17) is 9.47 Å². The molecule has 2 N–H and O–H groups in total. The van der Waals surface area contributed by atoms with E-state index in [0.717, 1.165) is 17.8 Å². The lowest BCUT2D eigenvalue weighted by Crippen LogP contribution is -2.47. The summed E-state index contributed by atoms with van der Waals surface area (Å²) >= 11 is 0. The molecule has 0 aromatic heterocycles. The van der Waals surface area contributed by atoms with Crippen molar-refractivity contribution in [2.75, 3.05) is 6.61 Å². The largest absolute Gasteiger partial charge is 0.487 e. The molecule has 5 nitrogen and oxygen atoms in total. The second kappa shape index (κ2) is 4.66. The lowest BCUT2D eigenvalue weighted by Gasteiger charge is -2.30. The number of nitrogens with one attached hydrogen (secondary N) is 1. The molecule has 2 saturated heterocycles. The van der Waals surface area contributed by atoms with Gasteiger partial charge < -0.3 is 19.9 Å². The van der Waals surface area contributed by atoms with Crippen molar-refractivity contribution in [3.05, 3.63) is 11.3 Å². The molecule has 5 heteroatoms. The van der Waals surface area contributed by atoms with E-state index < -0.39 is 0 Å². The molecule has 0 spiro atoms. The van der Waals surface area contributed by atoms with Crippen LogP contribution >= 0.6 is 0 Å². The van der Waals surface area contributed by atoms with Gasteiger partial charge in [-0.1, -0.05) is 6.92 Å². The number of amides is 1. The summed E-state index contributed by atoms with van der Waals surface area (Å²) < 4.78 is 11.2. The molecule has 0 aliphatic carbocycles. The van der Waals surface area contributed by atoms with Crippen LogP contribution in [0.15, 0.2) is 11.3 Å². The van der Waals surface area contributed by atoms with Crippen molar-refractivity contribution < 1.29 is 19.4 Å². The van der Waals surface area contributed by atoms with E-state index >= 15 is 0 Å². The van der Waals surface area contributed by atoms with Gasteiger partial charge in [0, 0.05) is 6.92 Å². The van der Waals surface area contributed by atoms with Crippen molar-refractivity contribution in [2.24, 2.45) is 0 Å². The van der Waals surface area contributed by atoms with Crippen molar-refractivity contribution in [1.29, 1.82) is 0 Å². The Bertz CT molecular complexity index is 352. The minimum atomic E-state index is -0.304. The van der Waals surface area contributed by atoms with E-state index in [1.165, 1.54) is 6.92 Å². The Balaban J connectivity index is 2.21. The zero-order valence-electron chi connectivity index (χ0n) is 10.4. The third kappa shape index (κ3) is 2.30. The Morgan fingerprint density at radius 3 is 2.65 bits per heavy atom. The minimum Gasteiger partial charge on any atom is -0.487 e. The zero-order chi connectivity index (χ0) is 12.6. The standard InChI is InChI=1S/C12H19NO4/c1-4-6(2)10-9(13-7(3)15)12-11(17-12)8(5-14)16-10/h8-9,11-12,14H,4-5H2,1-3H3,(H,13,15)/b10-6-. The predicted octanol–water partition coefficient (Wildman–Crippen LogP) is 0.334. The highest BCUT2D eigenvalue weighted by atomic mass is 16.6. The molecule has 2 heterocycles. The van der Waals surface area contributed by atoms with Gasteiger partial charge in [-0.25, -0.2) is 0 Å². The first-order chi connectivity index (χ1) is 8.08. The maximum absolute atomic E-state index is 11.2. The quantitative estimate of drug-likeness (QED) is 0.699. The van der Waals surface area contributed by atoms with Gasteiger partial charge in [-0.3, -0.25) is 4.79 Å². The molecule has 2 aliphatic heterocycles. The van der Waals surface area contributed by atoms with Crippen LogP contribution in [0, 0.1) is 0 Å². The maximum Gasteiger partial charge on any atom is 0.217 e. The van der Waals surface area contributed by atoms with Gasteiger partial charge >= 0.3 is 0 Å². The van der Waals surface area contributed by atoms with E-state index in [2.05, 4.69) is 5.32 Å². The second-order valence-corrected chi connectivity index (χ2v) is 4.58. The molecule has 4 unspecified atom stereocenters. The van der Waals surface area contributed by atoms with Crippen LogP contribution < -0.4 is 5.32 Å². The molecule has 2 aliphatic rings. The monoisotopic (exact) mass is 241 g/mol. The first-order valence-corrected chi connectivity index (χ1v) is 5.98. The Morgan fingerprint density at radius 1 is 1.41 bits per heavy atom. The van der Waals surface area contributed by atoms with E-state index in [9.17, 15) is 9.90 Å². The molecule has 2 fully saturated rings. The highest BCUT2D eigenvalue weighted by molar-refractivity contribution is 5.74. The molecule has 96 valence electrons. The Hall–Kier alpha value is -1.07. The van der Waals surface area contributed by atoms with Crippen molar-refractivity contribution >= 4 is 5.91 Å². The van der Waals surface area contributed by atoms with Gasteiger partial charge in [0.1, 0.15) is 30.1 Å². The number of aliphatic hydroxyl groups excluding tert-OH is 1. The Morgan fingerprint density at radius 2 is 2.12 bits per heavy atom. The molecular formula is C12H19NO4. The van der Waals surface area contributed by atoms with E-state index in [1.807, 2.05) is 13.8 Å². The fourth-order valence-corrected chi connectivity index (χ4v) is 2.20. The number of hydrogen-bond acceptors (Lipinski definition) is 4. The fourth-order valence-electron chi connectivity index (χ4n) is 2.20. The highest BCUT2D eigenvalue weighted by Gasteiger charge is 2.56. The first kappa shape index (κ1) is 12.4. The molecule has 2 rings (SSSR count). The summed E-state index contributed by atoms with van der Waals surface area (Å²) in [5, 5.41) is 12.1. The average Bonchev–Trinajstić information content (AvgIpc) is 3.08. The van der Waals surface area contributed by atoms with Crippen LogP contribution in [0.4, 0.5) is 0 Å². The molecule has 0 bridgehead atoms. The van der Waals surface area contributed by atoms with Gasteiger partial charge in [-0.15, -0.1) is 0 Å². The molecule has 0 aromatic rings. The first-order valence-electron chi connectivity index (χ1n) is 5.98. The van der Waals surface area contributed by atoms with Crippen LogP contribution in [0.3, 0.4) is 0 Å². The number of allylic oxidation sites excluding steroid dienone is 1. The van der Waals surface area contributed by atoms with Crippen LogP contribution in [0.2, 0.25) is 0 Å². The summed E-state index contributed by atoms with van der Waals surface area (Å²) in [5.41, 5.74) is 1.08. The van der Waals surface area contributed by atoms with Crippen molar-refractivity contribution in [1.82, 2.24) is 5.32 Å². The smallest absolute Gasteiger partial charge is 0.217 e. The number of hydrogen-bond donors (Lipinski definition) is 2. The number of epoxide rings is 1. The van der Waals surface area contributed by atoms with Gasteiger partial charge in [0.05, 0.1) is 6.61 Å². The number of ether oxygens (including phenoxy) is 2. The summed E-state index contributed by atoms with van der Waals surface area (Å²) in [6.07, 6.45) is 0.397. The molecule has 0 aromatic carbocycles. The molecule has 4 atom stereocenters. The molecule has 0 saturated carbocycles. The van der Waals surface area contributed by atoms with E-state index in [0.29, 0.717) is 0 Å². The van der Waals surface area contributed by atoms with Gasteiger partial charge in [-0.05, 0) is 18.9 Å².